The molecule has 1 aromatic carbocycles. The Labute approximate surface area is 126 Å². The Morgan fingerprint density at radius 3 is 2.86 bits per heavy atom. The quantitative estimate of drug-likeness (QED) is 0.728. The first-order chi connectivity index (χ1) is 10.3. The molecule has 0 saturated heterocycles. The van der Waals surface area contributed by atoms with E-state index in [1.54, 1.807) is 6.20 Å². The smallest absolute Gasteiger partial charge is 0.244 e. The Morgan fingerprint density at radius 2 is 2.05 bits per heavy atom. The van der Waals surface area contributed by atoms with Gasteiger partial charge in [-0.05, 0) is 18.9 Å². The summed E-state index contributed by atoms with van der Waals surface area (Å²) in [4.78, 5) is 4.41. The van der Waals surface area contributed by atoms with E-state index in [-0.39, 0.29) is 0 Å². The van der Waals surface area contributed by atoms with Crippen LogP contribution in [0.2, 0.25) is 0 Å². The van der Waals surface area contributed by atoms with Crippen molar-refractivity contribution < 1.29 is 0 Å². The molecule has 0 fully saturated rings. The zero-order valence-corrected chi connectivity index (χ0v) is 12.8. The highest BCUT2D eigenvalue weighted by molar-refractivity contribution is 5.37. The van der Waals surface area contributed by atoms with Gasteiger partial charge in [-0.1, -0.05) is 49.6 Å². The second kappa shape index (κ2) is 8.19. The average molecular weight is 285 g/mol. The molecule has 1 heterocycles. The van der Waals surface area contributed by atoms with Crippen LogP contribution in [0, 0.1) is 6.92 Å². The van der Waals surface area contributed by atoms with Crippen molar-refractivity contribution in [2.45, 2.75) is 39.7 Å². The van der Waals surface area contributed by atoms with Gasteiger partial charge in [-0.15, -0.1) is 5.10 Å². The van der Waals surface area contributed by atoms with Crippen molar-refractivity contribution in [1.29, 1.82) is 0 Å². The number of unbranched alkanes of at least 4 members (excludes halogenated alkanes) is 2. The lowest BCUT2D eigenvalue weighted by atomic mass is 10.1. The fourth-order valence-corrected chi connectivity index (χ4v) is 2.06. The summed E-state index contributed by atoms with van der Waals surface area (Å²) in [7, 11) is 0. The first kappa shape index (κ1) is 15.2. The summed E-state index contributed by atoms with van der Waals surface area (Å²) in [6.07, 6.45) is 5.24. The van der Waals surface area contributed by atoms with Gasteiger partial charge in [-0.25, -0.2) is 0 Å². The molecule has 21 heavy (non-hydrogen) atoms. The van der Waals surface area contributed by atoms with Gasteiger partial charge in [-0.3, -0.25) is 0 Å². The van der Waals surface area contributed by atoms with E-state index >= 15 is 0 Å². The van der Waals surface area contributed by atoms with Crippen molar-refractivity contribution in [2.75, 3.05) is 17.2 Å². The highest BCUT2D eigenvalue weighted by atomic mass is 15.3. The molecule has 0 saturated carbocycles. The molecule has 5 heteroatoms. The predicted octanol–water partition coefficient (Wildman–Crippen LogP) is 3.39. The minimum atomic E-state index is 0.553. The van der Waals surface area contributed by atoms with Crippen molar-refractivity contribution in [3.8, 4) is 0 Å². The van der Waals surface area contributed by atoms with Gasteiger partial charge < -0.3 is 10.6 Å². The molecule has 112 valence electrons. The minimum Gasteiger partial charge on any atom is -0.369 e. The molecule has 2 rings (SSSR count). The SMILES string of the molecule is CCCCCNc1cnnc(NCc2cccc(C)c2)n1. The van der Waals surface area contributed by atoms with Crippen LogP contribution in [-0.4, -0.2) is 21.7 Å². The van der Waals surface area contributed by atoms with E-state index < -0.39 is 0 Å². The topological polar surface area (TPSA) is 62.7 Å². The molecule has 0 aliphatic heterocycles. The van der Waals surface area contributed by atoms with Crippen LogP contribution in [0.3, 0.4) is 0 Å². The molecule has 0 radical (unpaired) electrons. The monoisotopic (exact) mass is 285 g/mol. The standard InChI is InChI=1S/C16H23N5/c1-3-4-5-9-17-15-12-19-21-16(20-15)18-11-14-8-6-7-13(2)10-14/h6-8,10,12H,3-5,9,11H2,1-2H3,(H2,17,18,20,21). The zero-order chi connectivity index (χ0) is 14.9. The highest BCUT2D eigenvalue weighted by Gasteiger charge is 2.00. The lowest BCUT2D eigenvalue weighted by molar-refractivity contribution is 0.741. The number of aromatic nitrogens is 3. The van der Waals surface area contributed by atoms with Gasteiger partial charge in [0, 0.05) is 13.1 Å². The fourth-order valence-electron chi connectivity index (χ4n) is 2.06. The molecule has 0 spiro atoms. The predicted molar refractivity (Wildman–Crippen MR) is 86.3 cm³/mol. The van der Waals surface area contributed by atoms with E-state index in [4.69, 9.17) is 0 Å². The highest BCUT2D eigenvalue weighted by Crippen LogP contribution is 2.08. The van der Waals surface area contributed by atoms with Crippen LogP contribution in [0.5, 0.6) is 0 Å². The Bertz CT molecular complexity index is 556. The van der Waals surface area contributed by atoms with Gasteiger partial charge >= 0.3 is 0 Å². The zero-order valence-electron chi connectivity index (χ0n) is 12.8. The summed E-state index contributed by atoms with van der Waals surface area (Å²) in [5.41, 5.74) is 2.46. The summed E-state index contributed by atoms with van der Waals surface area (Å²) in [5.74, 6) is 1.32. The molecule has 2 N–H and O–H groups in total. The van der Waals surface area contributed by atoms with Crippen LogP contribution in [0.15, 0.2) is 30.5 Å². The van der Waals surface area contributed by atoms with Gasteiger partial charge in [-0.2, -0.15) is 10.1 Å². The van der Waals surface area contributed by atoms with E-state index in [0.29, 0.717) is 12.5 Å². The van der Waals surface area contributed by atoms with Crippen molar-refractivity contribution in [2.24, 2.45) is 0 Å². The second-order valence-corrected chi connectivity index (χ2v) is 5.14. The van der Waals surface area contributed by atoms with Gasteiger partial charge in [0.2, 0.25) is 5.95 Å². The number of benzene rings is 1. The lowest BCUT2D eigenvalue weighted by Crippen LogP contribution is -2.09. The summed E-state index contributed by atoms with van der Waals surface area (Å²) >= 11 is 0. The van der Waals surface area contributed by atoms with Crippen LogP contribution >= 0.6 is 0 Å². The third-order valence-corrected chi connectivity index (χ3v) is 3.18. The van der Waals surface area contributed by atoms with E-state index in [1.165, 1.54) is 24.0 Å². The molecule has 0 atom stereocenters. The Balaban J connectivity index is 1.86. The van der Waals surface area contributed by atoms with E-state index in [9.17, 15) is 0 Å². The maximum Gasteiger partial charge on any atom is 0.244 e. The lowest BCUT2D eigenvalue weighted by Gasteiger charge is -2.08. The van der Waals surface area contributed by atoms with E-state index in [0.717, 1.165) is 18.8 Å². The van der Waals surface area contributed by atoms with E-state index in [1.807, 2.05) is 0 Å². The third kappa shape index (κ3) is 5.38. The van der Waals surface area contributed by atoms with Crippen molar-refractivity contribution >= 4 is 11.8 Å². The number of hydrogen-bond acceptors (Lipinski definition) is 5. The van der Waals surface area contributed by atoms with Crippen LogP contribution in [-0.2, 0) is 6.54 Å². The van der Waals surface area contributed by atoms with Gasteiger partial charge in [0.05, 0.1) is 6.20 Å². The van der Waals surface area contributed by atoms with Gasteiger partial charge in [0.1, 0.15) is 5.82 Å². The summed E-state index contributed by atoms with van der Waals surface area (Å²) in [5, 5.41) is 14.5. The normalized spacial score (nSPS) is 10.4. The number of rotatable bonds is 8. The first-order valence-corrected chi connectivity index (χ1v) is 7.51. The maximum absolute atomic E-state index is 4.41. The molecule has 0 amide bonds. The van der Waals surface area contributed by atoms with Crippen molar-refractivity contribution in [3.05, 3.63) is 41.6 Å². The molecule has 0 aliphatic rings. The number of nitrogens with zero attached hydrogens (tertiary/aromatic N) is 3. The van der Waals surface area contributed by atoms with E-state index in [2.05, 4.69) is 63.9 Å². The van der Waals surface area contributed by atoms with Gasteiger partial charge in [0.15, 0.2) is 0 Å². The van der Waals surface area contributed by atoms with Crippen LogP contribution in [0.4, 0.5) is 11.8 Å². The van der Waals surface area contributed by atoms with Crippen molar-refractivity contribution in [3.63, 3.8) is 0 Å². The largest absolute Gasteiger partial charge is 0.369 e. The third-order valence-electron chi connectivity index (χ3n) is 3.18. The molecule has 0 unspecified atom stereocenters. The number of anilines is 2. The Kier molecular flexibility index (Phi) is 5.94. The van der Waals surface area contributed by atoms with Crippen LogP contribution in [0.1, 0.15) is 37.3 Å². The summed E-state index contributed by atoms with van der Waals surface area (Å²) < 4.78 is 0. The first-order valence-electron chi connectivity index (χ1n) is 7.51. The number of hydrogen-bond donors (Lipinski definition) is 2. The number of aryl methyl sites for hydroxylation is 1. The molecular formula is C16H23N5. The molecule has 2 aromatic rings. The average Bonchev–Trinajstić information content (AvgIpc) is 2.50. The fraction of sp³-hybridized carbons (Fsp3) is 0.438. The summed E-state index contributed by atoms with van der Waals surface area (Å²) in [6, 6.07) is 8.37. The van der Waals surface area contributed by atoms with Crippen LogP contribution < -0.4 is 10.6 Å². The molecule has 5 nitrogen and oxygen atoms in total. The van der Waals surface area contributed by atoms with Gasteiger partial charge in [0.25, 0.3) is 0 Å². The Morgan fingerprint density at radius 1 is 1.14 bits per heavy atom. The number of nitrogens with one attached hydrogen (secondary N) is 2. The molecule has 0 aliphatic carbocycles. The summed E-state index contributed by atoms with van der Waals surface area (Å²) in [6.45, 7) is 5.90. The maximum atomic E-state index is 4.41. The molecule has 1 aromatic heterocycles. The second-order valence-electron chi connectivity index (χ2n) is 5.14. The molecular weight excluding hydrogens is 262 g/mol. The minimum absolute atomic E-state index is 0.553. The van der Waals surface area contributed by atoms with Crippen LogP contribution in [0.25, 0.3) is 0 Å². The van der Waals surface area contributed by atoms with Crippen molar-refractivity contribution in [1.82, 2.24) is 15.2 Å². The Hall–Kier alpha value is -2.17. The molecule has 0 bridgehead atoms.